The van der Waals surface area contributed by atoms with E-state index < -0.39 is 0 Å². The van der Waals surface area contributed by atoms with Crippen LogP contribution >= 0.6 is 11.6 Å². The van der Waals surface area contributed by atoms with Crippen LogP contribution in [0.1, 0.15) is 18.9 Å². The third kappa shape index (κ3) is 4.66. The fraction of sp³-hybridized carbons (Fsp3) is 0.250. The average molecular weight is 225 g/mol. The van der Waals surface area contributed by atoms with E-state index >= 15 is 0 Å². The maximum absolute atomic E-state index is 10.8. The summed E-state index contributed by atoms with van der Waals surface area (Å²) in [5.41, 5.74) is 0.995. The molecule has 0 radical (unpaired) electrons. The minimum Gasteiger partial charge on any atom is -0.461 e. The third-order valence-electron chi connectivity index (χ3n) is 1.79. The second kappa shape index (κ2) is 6.25. The summed E-state index contributed by atoms with van der Waals surface area (Å²) in [7, 11) is 0. The first-order valence-corrected chi connectivity index (χ1v) is 5.18. The Morgan fingerprint density at radius 1 is 1.53 bits per heavy atom. The van der Waals surface area contributed by atoms with Crippen LogP contribution in [0.4, 0.5) is 0 Å². The Morgan fingerprint density at radius 3 is 3.00 bits per heavy atom. The molecule has 0 saturated carbocycles. The quantitative estimate of drug-likeness (QED) is 0.734. The van der Waals surface area contributed by atoms with Crippen molar-refractivity contribution < 1.29 is 9.53 Å². The molecule has 2 nitrogen and oxygen atoms in total. The second-order valence-corrected chi connectivity index (χ2v) is 3.43. The standard InChI is InChI=1S/C12H13ClO2/c1-2-12(14)15-8-4-6-10-5-3-7-11(13)9-10/h3-7,9H,2,8H2,1H3/b6-4+. The van der Waals surface area contributed by atoms with E-state index in [0.717, 1.165) is 5.56 Å². The lowest BCUT2D eigenvalue weighted by atomic mass is 10.2. The number of carbonyl (C=O) groups is 1. The first-order chi connectivity index (χ1) is 7.22. The molecule has 0 heterocycles. The van der Waals surface area contributed by atoms with Gasteiger partial charge < -0.3 is 4.74 Å². The molecule has 3 heteroatoms. The Balaban J connectivity index is 2.41. The topological polar surface area (TPSA) is 26.3 Å². The fourth-order valence-electron chi connectivity index (χ4n) is 1.04. The van der Waals surface area contributed by atoms with Crippen LogP contribution in [0, 0.1) is 0 Å². The zero-order chi connectivity index (χ0) is 11.1. The number of esters is 1. The van der Waals surface area contributed by atoms with Crippen LogP contribution in [-0.4, -0.2) is 12.6 Å². The van der Waals surface area contributed by atoms with Crippen molar-refractivity contribution in [1.82, 2.24) is 0 Å². The van der Waals surface area contributed by atoms with Crippen LogP contribution in [0.25, 0.3) is 6.08 Å². The van der Waals surface area contributed by atoms with Crippen LogP contribution in [0.5, 0.6) is 0 Å². The largest absolute Gasteiger partial charge is 0.461 e. The highest BCUT2D eigenvalue weighted by Crippen LogP contribution is 2.11. The molecular formula is C12H13ClO2. The highest BCUT2D eigenvalue weighted by Gasteiger charge is 1.94. The van der Waals surface area contributed by atoms with Crippen molar-refractivity contribution in [3.63, 3.8) is 0 Å². The maximum Gasteiger partial charge on any atom is 0.305 e. The van der Waals surface area contributed by atoms with Gasteiger partial charge in [0.15, 0.2) is 0 Å². The molecule has 0 atom stereocenters. The summed E-state index contributed by atoms with van der Waals surface area (Å²) >= 11 is 5.81. The lowest BCUT2D eigenvalue weighted by molar-refractivity contribution is -0.141. The summed E-state index contributed by atoms with van der Waals surface area (Å²) in [4.78, 5) is 10.8. The van der Waals surface area contributed by atoms with Crippen LogP contribution in [0.2, 0.25) is 5.02 Å². The number of hydrogen-bond donors (Lipinski definition) is 0. The number of halogens is 1. The van der Waals surface area contributed by atoms with E-state index in [1.807, 2.05) is 30.3 Å². The third-order valence-corrected chi connectivity index (χ3v) is 2.02. The summed E-state index contributed by atoms with van der Waals surface area (Å²) in [5, 5.41) is 0.697. The van der Waals surface area contributed by atoms with Crippen molar-refractivity contribution in [3.05, 3.63) is 40.9 Å². The predicted molar refractivity (Wildman–Crippen MR) is 61.7 cm³/mol. The Bertz CT molecular complexity index is 358. The molecule has 0 aromatic heterocycles. The van der Waals surface area contributed by atoms with Gasteiger partial charge in [-0.25, -0.2) is 0 Å². The van der Waals surface area contributed by atoms with Gasteiger partial charge in [-0.3, -0.25) is 4.79 Å². The molecule has 0 spiro atoms. The first kappa shape index (κ1) is 11.8. The first-order valence-electron chi connectivity index (χ1n) is 4.80. The van der Waals surface area contributed by atoms with Gasteiger partial charge in [0.25, 0.3) is 0 Å². The number of benzene rings is 1. The minimum absolute atomic E-state index is 0.189. The smallest absolute Gasteiger partial charge is 0.305 e. The monoisotopic (exact) mass is 224 g/mol. The van der Waals surface area contributed by atoms with Gasteiger partial charge in [-0.15, -0.1) is 0 Å². The molecule has 0 bridgehead atoms. The Kier molecular flexibility index (Phi) is 4.91. The number of rotatable bonds is 4. The fourth-order valence-corrected chi connectivity index (χ4v) is 1.24. The molecule has 0 unspecified atom stereocenters. The molecule has 1 rings (SSSR count). The van der Waals surface area contributed by atoms with Crippen LogP contribution in [-0.2, 0) is 9.53 Å². The summed E-state index contributed by atoms with van der Waals surface area (Å²) in [5.74, 6) is -0.189. The summed E-state index contributed by atoms with van der Waals surface area (Å²) in [6.07, 6.45) is 4.07. The number of hydrogen-bond acceptors (Lipinski definition) is 2. The lowest BCUT2D eigenvalue weighted by Crippen LogP contribution is -2.01. The van der Waals surface area contributed by atoms with Crippen LogP contribution in [0.3, 0.4) is 0 Å². The molecule has 0 amide bonds. The van der Waals surface area contributed by atoms with E-state index in [1.165, 1.54) is 0 Å². The normalized spacial score (nSPS) is 10.5. The molecule has 1 aromatic carbocycles. The second-order valence-electron chi connectivity index (χ2n) is 2.99. The molecule has 0 fully saturated rings. The summed E-state index contributed by atoms with van der Waals surface area (Å²) in [6.45, 7) is 2.07. The van der Waals surface area contributed by atoms with Crippen LogP contribution < -0.4 is 0 Å². The van der Waals surface area contributed by atoms with E-state index in [-0.39, 0.29) is 5.97 Å². The molecule has 1 aromatic rings. The lowest BCUT2D eigenvalue weighted by Gasteiger charge is -1.98. The van der Waals surface area contributed by atoms with Gasteiger partial charge in [-0.05, 0) is 23.8 Å². The zero-order valence-electron chi connectivity index (χ0n) is 8.57. The molecular weight excluding hydrogens is 212 g/mol. The van der Waals surface area contributed by atoms with E-state index in [9.17, 15) is 4.79 Å². The molecule has 0 saturated heterocycles. The van der Waals surface area contributed by atoms with Gasteiger partial charge in [-0.1, -0.05) is 36.7 Å². The van der Waals surface area contributed by atoms with E-state index in [4.69, 9.17) is 16.3 Å². The van der Waals surface area contributed by atoms with Crippen LogP contribution in [0.15, 0.2) is 30.3 Å². The van der Waals surface area contributed by atoms with Gasteiger partial charge in [0, 0.05) is 11.4 Å². The van der Waals surface area contributed by atoms with Crippen molar-refractivity contribution in [2.75, 3.05) is 6.61 Å². The van der Waals surface area contributed by atoms with E-state index in [2.05, 4.69) is 0 Å². The maximum atomic E-state index is 10.8. The zero-order valence-corrected chi connectivity index (χ0v) is 9.33. The van der Waals surface area contributed by atoms with Crippen molar-refractivity contribution in [2.45, 2.75) is 13.3 Å². The highest BCUT2D eigenvalue weighted by molar-refractivity contribution is 6.30. The predicted octanol–water partition coefficient (Wildman–Crippen LogP) is 3.31. The SMILES string of the molecule is CCC(=O)OC/C=C/c1cccc(Cl)c1. The molecule has 0 aliphatic rings. The van der Waals surface area contributed by atoms with Gasteiger partial charge in [0.1, 0.15) is 6.61 Å². The summed E-state index contributed by atoms with van der Waals surface area (Å²) in [6, 6.07) is 7.47. The Morgan fingerprint density at radius 2 is 2.33 bits per heavy atom. The minimum atomic E-state index is -0.189. The molecule has 0 aliphatic heterocycles. The molecule has 80 valence electrons. The summed E-state index contributed by atoms with van der Waals surface area (Å²) < 4.78 is 4.88. The molecule has 0 N–H and O–H groups in total. The Hall–Kier alpha value is -1.28. The van der Waals surface area contributed by atoms with E-state index in [0.29, 0.717) is 18.1 Å². The average Bonchev–Trinajstić information content (AvgIpc) is 2.24. The number of carbonyl (C=O) groups excluding carboxylic acids is 1. The van der Waals surface area contributed by atoms with E-state index in [1.54, 1.807) is 13.0 Å². The van der Waals surface area contributed by atoms with Gasteiger partial charge >= 0.3 is 5.97 Å². The van der Waals surface area contributed by atoms with Crippen molar-refractivity contribution in [1.29, 1.82) is 0 Å². The highest BCUT2D eigenvalue weighted by atomic mass is 35.5. The van der Waals surface area contributed by atoms with Gasteiger partial charge in [0.05, 0.1) is 0 Å². The molecule has 15 heavy (non-hydrogen) atoms. The van der Waals surface area contributed by atoms with Crippen molar-refractivity contribution >= 4 is 23.6 Å². The van der Waals surface area contributed by atoms with Gasteiger partial charge in [0.2, 0.25) is 0 Å². The van der Waals surface area contributed by atoms with Crippen molar-refractivity contribution in [2.24, 2.45) is 0 Å². The van der Waals surface area contributed by atoms with Crippen molar-refractivity contribution in [3.8, 4) is 0 Å². The molecule has 0 aliphatic carbocycles. The number of ether oxygens (including phenoxy) is 1. The Labute approximate surface area is 94.5 Å². The van der Waals surface area contributed by atoms with Gasteiger partial charge in [-0.2, -0.15) is 0 Å².